The summed E-state index contributed by atoms with van der Waals surface area (Å²) in [6.07, 6.45) is 7.09. The summed E-state index contributed by atoms with van der Waals surface area (Å²) in [6.45, 7) is 3.33. The summed E-state index contributed by atoms with van der Waals surface area (Å²) in [4.78, 5) is 26.1. The van der Waals surface area contributed by atoms with E-state index in [-0.39, 0.29) is 16.6 Å². The summed E-state index contributed by atoms with van der Waals surface area (Å²) in [6, 6.07) is 5.04. The number of benzene rings is 1. The normalized spacial score (nSPS) is 19.4. The zero-order valence-corrected chi connectivity index (χ0v) is 19.4. The van der Waals surface area contributed by atoms with Crippen LogP contribution in [0.1, 0.15) is 48.2 Å². The molecular weight excluding hydrogens is 450 g/mol. The van der Waals surface area contributed by atoms with E-state index in [1.165, 1.54) is 6.20 Å². The molecule has 1 aromatic heterocycles. The first kappa shape index (κ1) is 21.6. The fourth-order valence-corrected chi connectivity index (χ4v) is 6.45. The molecule has 0 unspecified atom stereocenters. The second-order valence-corrected chi connectivity index (χ2v) is 10.9. The van der Waals surface area contributed by atoms with Crippen LogP contribution in [-0.2, 0) is 16.4 Å². The van der Waals surface area contributed by atoms with Crippen LogP contribution >= 0.6 is 11.6 Å². The van der Waals surface area contributed by atoms with Crippen molar-refractivity contribution in [1.29, 1.82) is 0 Å². The maximum Gasteiger partial charge on any atom is 0.278 e. The molecule has 1 amide bonds. The number of carbonyl (C=O) groups excluding carboxylic acids is 1. The quantitative estimate of drug-likeness (QED) is 0.675. The summed E-state index contributed by atoms with van der Waals surface area (Å²) >= 11 is 6.30. The summed E-state index contributed by atoms with van der Waals surface area (Å²) < 4.78 is 27.6. The molecule has 170 valence electrons. The number of aromatic nitrogens is 2. The van der Waals surface area contributed by atoms with Crippen molar-refractivity contribution in [2.24, 2.45) is 0 Å². The zero-order chi connectivity index (χ0) is 22.3. The lowest BCUT2D eigenvalue weighted by atomic mass is 10.2. The zero-order valence-electron chi connectivity index (χ0n) is 17.8. The predicted octanol–water partition coefficient (Wildman–Crippen LogP) is 3.11. The van der Waals surface area contributed by atoms with Crippen molar-refractivity contribution in [2.45, 2.75) is 43.4 Å². The van der Waals surface area contributed by atoms with E-state index in [4.69, 9.17) is 11.6 Å². The van der Waals surface area contributed by atoms with Gasteiger partial charge in [-0.15, -0.1) is 0 Å². The van der Waals surface area contributed by atoms with Gasteiger partial charge in [-0.25, -0.2) is 18.4 Å². The number of sulfonamides is 1. The van der Waals surface area contributed by atoms with Gasteiger partial charge < -0.3 is 9.80 Å². The number of amides is 1. The molecule has 3 aliphatic heterocycles. The van der Waals surface area contributed by atoms with Crippen molar-refractivity contribution in [1.82, 2.24) is 14.3 Å². The number of rotatable bonds is 4. The highest BCUT2D eigenvalue weighted by Gasteiger charge is 2.32. The number of fused-ring (bicyclic) bond motifs is 1. The molecule has 2 fully saturated rings. The maximum atomic E-state index is 13.3. The molecule has 0 atom stereocenters. The highest BCUT2D eigenvalue weighted by molar-refractivity contribution is 7.89. The van der Waals surface area contributed by atoms with Crippen LogP contribution in [0, 0.1) is 0 Å². The molecule has 4 heterocycles. The van der Waals surface area contributed by atoms with E-state index < -0.39 is 10.0 Å². The van der Waals surface area contributed by atoms with Gasteiger partial charge in [0.25, 0.3) is 5.91 Å². The summed E-state index contributed by atoms with van der Waals surface area (Å²) in [5.74, 6) is 0.237. The summed E-state index contributed by atoms with van der Waals surface area (Å²) in [5.41, 5.74) is 1.74. The minimum Gasteiger partial charge on any atom is -0.341 e. The van der Waals surface area contributed by atoms with E-state index in [0.29, 0.717) is 42.6 Å². The molecule has 0 radical (unpaired) electrons. The molecule has 0 aliphatic carbocycles. The summed E-state index contributed by atoms with van der Waals surface area (Å²) in [7, 11) is -3.51. The SMILES string of the molecule is O=C(c1nc(N2CCCC2)ncc1Cl)N1CCc2cc(S(=O)(=O)N3CCCCC3)ccc21. The monoisotopic (exact) mass is 475 g/mol. The van der Waals surface area contributed by atoms with Gasteiger partial charge in [0.2, 0.25) is 16.0 Å². The molecule has 8 nitrogen and oxygen atoms in total. The lowest BCUT2D eigenvalue weighted by molar-refractivity contribution is 0.0984. The van der Waals surface area contributed by atoms with E-state index in [2.05, 4.69) is 14.9 Å². The Kier molecular flexibility index (Phi) is 5.81. The average Bonchev–Trinajstić information content (AvgIpc) is 3.49. The number of nitrogens with zero attached hydrogens (tertiary/aromatic N) is 5. The van der Waals surface area contributed by atoms with Crippen LogP contribution in [-0.4, -0.2) is 61.3 Å². The van der Waals surface area contributed by atoms with E-state index in [1.54, 1.807) is 27.4 Å². The molecule has 0 spiro atoms. The molecule has 2 saturated heterocycles. The van der Waals surface area contributed by atoms with Crippen molar-refractivity contribution in [3.8, 4) is 0 Å². The van der Waals surface area contributed by atoms with Crippen LogP contribution in [0.15, 0.2) is 29.3 Å². The van der Waals surface area contributed by atoms with Gasteiger partial charge in [-0.2, -0.15) is 4.31 Å². The van der Waals surface area contributed by atoms with Gasteiger partial charge in [0.15, 0.2) is 5.69 Å². The van der Waals surface area contributed by atoms with Gasteiger partial charge in [0.05, 0.1) is 16.1 Å². The lowest BCUT2D eigenvalue weighted by Gasteiger charge is -2.26. The number of piperidine rings is 1. The minimum absolute atomic E-state index is 0.182. The summed E-state index contributed by atoms with van der Waals surface area (Å²) in [5, 5.41) is 0.218. The first-order chi connectivity index (χ1) is 15.4. The van der Waals surface area contributed by atoms with Crippen LogP contribution in [0.2, 0.25) is 5.02 Å². The maximum absolute atomic E-state index is 13.3. The Morgan fingerprint density at radius 3 is 2.44 bits per heavy atom. The molecule has 10 heteroatoms. The molecule has 0 N–H and O–H groups in total. The Morgan fingerprint density at radius 1 is 0.969 bits per heavy atom. The number of hydrogen-bond acceptors (Lipinski definition) is 6. The van der Waals surface area contributed by atoms with Gasteiger partial charge in [-0.05, 0) is 55.9 Å². The second kappa shape index (κ2) is 8.61. The molecule has 2 aromatic rings. The Labute approximate surface area is 193 Å². The third-order valence-corrected chi connectivity index (χ3v) is 8.64. The van der Waals surface area contributed by atoms with E-state index in [0.717, 1.165) is 50.8 Å². The number of anilines is 2. The van der Waals surface area contributed by atoms with Crippen LogP contribution in [0.4, 0.5) is 11.6 Å². The second-order valence-electron chi connectivity index (χ2n) is 8.52. The third-order valence-electron chi connectivity index (χ3n) is 6.47. The van der Waals surface area contributed by atoms with Gasteiger partial charge in [-0.1, -0.05) is 18.0 Å². The number of carbonyl (C=O) groups is 1. The molecule has 5 rings (SSSR count). The van der Waals surface area contributed by atoms with E-state index >= 15 is 0 Å². The highest BCUT2D eigenvalue weighted by Crippen LogP contribution is 2.33. The first-order valence-electron chi connectivity index (χ1n) is 11.2. The fourth-order valence-electron chi connectivity index (χ4n) is 4.71. The van der Waals surface area contributed by atoms with Crippen molar-refractivity contribution >= 4 is 39.2 Å². The van der Waals surface area contributed by atoms with Crippen molar-refractivity contribution < 1.29 is 13.2 Å². The largest absolute Gasteiger partial charge is 0.341 e. The van der Waals surface area contributed by atoms with E-state index in [1.807, 2.05) is 0 Å². The Hall–Kier alpha value is -2.23. The highest BCUT2D eigenvalue weighted by atomic mass is 35.5. The van der Waals surface area contributed by atoms with Crippen LogP contribution in [0.5, 0.6) is 0 Å². The van der Waals surface area contributed by atoms with Gasteiger partial charge in [0.1, 0.15) is 0 Å². The fraction of sp³-hybridized carbons (Fsp3) is 0.500. The Balaban J connectivity index is 1.41. The van der Waals surface area contributed by atoms with Crippen molar-refractivity contribution in [3.05, 3.63) is 40.7 Å². The standard InChI is InChI=1S/C22H26ClN5O3S/c23-18-15-24-22(26-9-4-5-10-26)25-20(18)21(29)28-13-8-16-14-17(6-7-19(16)28)32(30,31)27-11-2-1-3-12-27/h6-7,14-15H,1-5,8-13H2. The van der Waals surface area contributed by atoms with Gasteiger partial charge >= 0.3 is 0 Å². The number of halogens is 1. The van der Waals surface area contributed by atoms with Crippen LogP contribution in [0.3, 0.4) is 0 Å². The molecule has 1 aromatic carbocycles. The Bertz CT molecular complexity index is 1140. The van der Waals surface area contributed by atoms with Crippen molar-refractivity contribution in [2.75, 3.05) is 42.5 Å². The van der Waals surface area contributed by atoms with Crippen LogP contribution < -0.4 is 9.80 Å². The third kappa shape index (κ3) is 3.86. The lowest BCUT2D eigenvalue weighted by Crippen LogP contribution is -2.35. The average molecular weight is 476 g/mol. The number of hydrogen-bond donors (Lipinski definition) is 0. The minimum atomic E-state index is -3.51. The first-order valence-corrected chi connectivity index (χ1v) is 13.0. The molecular formula is C22H26ClN5O3S. The van der Waals surface area contributed by atoms with Crippen LogP contribution in [0.25, 0.3) is 0 Å². The molecule has 0 bridgehead atoms. The molecule has 32 heavy (non-hydrogen) atoms. The molecule has 0 saturated carbocycles. The predicted molar refractivity (Wildman–Crippen MR) is 123 cm³/mol. The van der Waals surface area contributed by atoms with Gasteiger partial charge in [-0.3, -0.25) is 4.79 Å². The molecule has 3 aliphatic rings. The topological polar surface area (TPSA) is 86.7 Å². The van der Waals surface area contributed by atoms with Crippen molar-refractivity contribution in [3.63, 3.8) is 0 Å². The van der Waals surface area contributed by atoms with Gasteiger partial charge in [0, 0.05) is 38.4 Å². The smallest absolute Gasteiger partial charge is 0.278 e. The Morgan fingerprint density at radius 2 is 1.69 bits per heavy atom. The van der Waals surface area contributed by atoms with E-state index in [9.17, 15) is 13.2 Å².